The van der Waals surface area contributed by atoms with Crippen LogP contribution >= 0.6 is 0 Å². The van der Waals surface area contributed by atoms with Gasteiger partial charge < -0.3 is 14.6 Å². The summed E-state index contributed by atoms with van der Waals surface area (Å²) in [5, 5.41) is 14.1. The van der Waals surface area contributed by atoms with Crippen LogP contribution in [0, 0.1) is 17.0 Å². The summed E-state index contributed by atoms with van der Waals surface area (Å²) in [4.78, 5) is 28.1. The van der Waals surface area contributed by atoms with Gasteiger partial charge in [0.2, 0.25) is 0 Å². The van der Waals surface area contributed by atoms with Gasteiger partial charge in [-0.15, -0.1) is 0 Å². The number of aromatic nitrogens is 2. The van der Waals surface area contributed by atoms with Crippen LogP contribution in [0.15, 0.2) is 66.7 Å². The van der Waals surface area contributed by atoms with Gasteiger partial charge in [0.1, 0.15) is 5.82 Å². The number of carbonyl (C=O) groups is 1. The number of nitrogens with zero attached hydrogens (tertiary/aromatic N) is 3. The van der Waals surface area contributed by atoms with Gasteiger partial charge in [0.05, 0.1) is 29.6 Å². The van der Waals surface area contributed by atoms with E-state index in [0.717, 1.165) is 16.6 Å². The molecule has 8 heteroatoms. The van der Waals surface area contributed by atoms with Gasteiger partial charge >= 0.3 is 5.69 Å². The highest BCUT2D eigenvalue weighted by atomic mass is 16.6. The quantitative estimate of drug-likeness (QED) is 0.349. The molecular formula is C24H22N4O4. The number of hydrogen-bond donors (Lipinski definition) is 1. The van der Waals surface area contributed by atoms with E-state index in [1.54, 1.807) is 0 Å². The zero-order valence-corrected chi connectivity index (χ0v) is 17.7. The molecule has 4 rings (SSSR count). The van der Waals surface area contributed by atoms with Gasteiger partial charge in [-0.25, -0.2) is 4.98 Å². The number of rotatable bonds is 7. The van der Waals surface area contributed by atoms with Crippen molar-refractivity contribution in [1.82, 2.24) is 14.9 Å². The van der Waals surface area contributed by atoms with E-state index >= 15 is 0 Å². The summed E-state index contributed by atoms with van der Waals surface area (Å²) in [5.74, 6) is 0.374. The maximum absolute atomic E-state index is 12.7. The summed E-state index contributed by atoms with van der Waals surface area (Å²) in [6.07, 6.45) is 0. The number of imidazole rings is 1. The molecule has 0 fully saturated rings. The van der Waals surface area contributed by atoms with Crippen molar-refractivity contribution in [1.29, 1.82) is 0 Å². The molecule has 0 aliphatic rings. The number of carbonyl (C=O) groups excluding carboxylic acids is 1. The van der Waals surface area contributed by atoms with E-state index < -0.39 is 10.8 Å². The lowest BCUT2D eigenvalue weighted by molar-refractivity contribution is -0.385. The lowest BCUT2D eigenvalue weighted by Gasteiger charge is -2.11. The Labute approximate surface area is 184 Å². The van der Waals surface area contributed by atoms with E-state index in [2.05, 4.69) is 39.1 Å². The topological polar surface area (TPSA) is 99.3 Å². The van der Waals surface area contributed by atoms with Crippen molar-refractivity contribution in [3.63, 3.8) is 0 Å². The van der Waals surface area contributed by atoms with Crippen LogP contribution in [0.25, 0.3) is 11.0 Å². The molecule has 4 aromatic rings. The Morgan fingerprint density at radius 3 is 2.59 bits per heavy atom. The summed E-state index contributed by atoms with van der Waals surface area (Å²) in [5.41, 5.74) is 4.04. The minimum atomic E-state index is -0.573. The van der Waals surface area contributed by atoms with E-state index in [4.69, 9.17) is 4.74 Å². The smallest absolute Gasteiger partial charge is 0.311 e. The predicted octanol–water partition coefficient (Wildman–Crippen LogP) is 4.24. The molecule has 3 aromatic carbocycles. The van der Waals surface area contributed by atoms with Gasteiger partial charge in [-0.3, -0.25) is 14.9 Å². The second kappa shape index (κ2) is 8.89. The standard InChI is InChI=1S/C24H22N4O4/c1-16-7-9-17(10-8-16)15-27-20-6-4-3-5-19(20)26-23(27)14-25-24(29)18-11-12-22(32-2)21(13-18)28(30)31/h3-13H,14-15H2,1-2H3,(H,25,29). The maximum Gasteiger partial charge on any atom is 0.311 e. The number of benzene rings is 3. The molecule has 0 aliphatic heterocycles. The largest absolute Gasteiger partial charge is 0.490 e. The van der Waals surface area contributed by atoms with Crippen LogP contribution in [0.3, 0.4) is 0 Å². The zero-order chi connectivity index (χ0) is 22.7. The molecule has 8 nitrogen and oxygen atoms in total. The normalized spacial score (nSPS) is 10.8. The van der Waals surface area contributed by atoms with Crippen molar-refractivity contribution in [3.05, 3.63) is 99.4 Å². The van der Waals surface area contributed by atoms with Crippen molar-refractivity contribution in [2.75, 3.05) is 7.11 Å². The third-order valence-electron chi connectivity index (χ3n) is 5.24. The van der Waals surface area contributed by atoms with Gasteiger partial charge in [0.25, 0.3) is 5.91 Å². The van der Waals surface area contributed by atoms with E-state index in [1.165, 1.54) is 30.9 Å². The first-order valence-electron chi connectivity index (χ1n) is 10.1. The average Bonchev–Trinajstić information content (AvgIpc) is 3.15. The van der Waals surface area contributed by atoms with Crippen molar-refractivity contribution in [2.45, 2.75) is 20.0 Å². The van der Waals surface area contributed by atoms with Crippen LogP contribution in [0.2, 0.25) is 0 Å². The third kappa shape index (κ3) is 4.29. The van der Waals surface area contributed by atoms with Crippen LogP contribution in [-0.2, 0) is 13.1 Å². The zero-order valence-electron chi connectivity index (χ0n) is 17.7. The molecule has 0 radical (unpaired) electrons. The molecule has 0 saturated heterocycles. The van der Waals surface area contributed by atoms with Gasteiger partial charge in [0.15, 0.2) is 5.75 Å². The van der Waals surface area contributed by atoms with Crippen molar-refractivity contribution >= 4 is 22.6 Å². The third-order valence-corrected chi connectivity index (χ3v) is 5.24. The van der Waals surface area contributed by atoms with Gasteiger partial charge in [0, 0.05) is 18.2 Å². The second-order valence-electron chi connectivity index (χ2n) is 7.41. The van der Waals surface area contributed by atoms with Crippen LogP contribution in [0.1, 0.15) is 27.3 Å². The number of nitrogens with one attached hydrogen (secondary N) is 1. The number of fused-ring (bicyclic) bond motifs is 1. The monoisotopic (exact) mass is 430 g/mol. The highest BCUT2D eigenvalue weighted by molar-refractivity contribution is 5.95. The first-order valence-corrected chi connectivity index (χ1v) is 10.1. The van der Waals surface area contributed by atoms with Gasteiger partial charge in [-0.05, 0) is 36.8 Å². The molecule has 0 atom stereocenters. The number of hydrogen-bond acceptors (Lipinski definition) is 5. The molecule has 0 aliphatic carbocycles. The molecule has 0 saturated carbocycles. The highest BCUT2D eigenvalue weighted by Gasteiger charge is 2.19. The molecule has 1 amide bonds. The van der Waals surface area contributed by atoms with Crippen LogP contribution < -0.4 is 10.1 Å². The fourth-order valence-corrected chi connectivity index (χ4v) is 3.55. The number of ether oxygens (including phenoxy) is 1. The predicted molar refractivity (Wildman–Crippen MR) is 121 cm³/mol. The molecule has 0 bridgehead atoms. The lowest BCUT2D eigenvalue weighted by atomic mass is 10.1. The minimum Gasteiger partial charge on any atom is -0.490 e. The van der Waals surface area contributed by atoms with E-state index in [-0.39, 0.29) is 23.5 Å². The molecule has 1 aromatic heterocycles. The Balaban J connectivity index is 1.59. The summed E-state index contributed by atoms with van der Waals surface area (Å²) in [7, 11) is 1.35. The Hall–Kier alpha value is -4.20. The van der Waals surface area contributed by atoms with Gasteiger partial charge in [-0.2, -0.15) is 0 Å². The molecule has 32 heavy (non-hydrogen) atoms. The van der Waals surface area contributed by atoms with Crippen molar-refractivity contribution < 1.29 is 14.5 Å². The lowest BCUT2D eigenvalue weighted by Crippen LogP contribution is -2.25. The Morgan fingerprint density at radius 1 is 1.12 bits per heavy atom. The van der Waals surface area contributed by atoms with Crippen molar-refractivity contribution in [3.8, 4) is 5.75 Å². The number of nitro groups is 1. The van der Waals surface area contributed by atoms with E-state index in [1.807, 2.05) is 31.2 Å². The summed E-state index contributed by atoms with van der Waals surface area (Å²) >= 11 is 0. The highest BCUT2D eigenvalue weighted by Crippen LogP contribution is 2.27. The Kier molecular flexibility index (Phi) is 5.85. The fourth-order valence-electron chi connectivity index (χ4n) is 3.55. The number of methoxy groups -OCH3 is 1. The summed E-state index contributed by atoms with van der Waals surface area (Å²) in [6, 6.07) is 20.2. The van der Waals surface area contributed by atoms with Crippen molar-refractivity contribution in [2.24, 2.45) is 0 Å². The molecular weight excluding hydrogens is 408 g/mol. The number of aryl methyl sites for hydroxylation is 1. The van der Waals surface area contributed by atoms with Gasteiger partial charge in [-0.1, -0.05) is 42.0 Å². The average molecular weight is 430 g/mol. The summed E-state index contributed by atoms with van der Waals surface area (Å²) in [6.45, 7) is 2.83. The summed E-state index contributed by atoms with van der Waals surface area (Å²) < 4.78 is 7.06. The van der Waals surface area contributed by atoms with E-state index in [0.29, 0.717) is 12.4 Å². The number of amides is 1. The SMILES string of the molecule is COc1ccc(C(=O)NCc2nc3ccccc3n2Cc2ccc(C)cc2)cc1[N+](=O)[O-]. The molecule has 0 spiro atoms. The maximum atomic E-state index is 12.7. The first kappa shape index (κ1) is 21.0. The second-order valence-corrected chi connectivity index (χ2v) is 7.41. The van der Waals surface area contributed by atoms with Crippen LogP contribution in [-0.4, -0.2) is 27.5 Å². The number of nitro benzene ring substituents is 1. The Morgan fingerprint density at radius 2 is 1.88 bits per heavy atom. The Bertz CT molecular complexity index is 1300. The molecule has 1 heterocycles. The minimum absolute atomic E-state index is 0.103. The van der Waals surface area contributed by atoms with E-state index in [9.17, 15) is 14.9 Å². The van der Waals surface area contributed by atoms with Crippen LogP contribution in [0.5, 0.6) is 5.75 Å². The fraction of sp³-hybridized carbons (Fsp3) is 0.167. The first-order chi connectivity index (χ1) is 15.5. The van der Waals surface area contributed by atoms with Crippen LogP contribution in [0.4, 0.5) is 5.69 Å². The molecule has 0 unspecified atom stereocenters. The molecule has 162 valence electrons. The molecule has 1 N–H and O–H groups in total. The number of para-hydroxylation sites is 2.